The molecule has 0 fully saturated rings. The van der Waals surface area contributed by atoms with E-state index < -0.39 is 0 Å². The first-order valence-corrected chi connectivity index (χ1v) is 8.10. The maximum atomic E-state index is 9.35. The summed E-state index contributed by atoms with van der Waals surface area (Å²) in [5.74, 6) is 4.31. The van der Waals surface area contributed by atoms with Crippen LogP contribution in [0.2, 0.25) is 0 Å². The first kappa shape index (κ1) is 18.7. The van der Waals surface area contributed by atoms with Crippen molar-refractivity contribution in [3.63, 3.8) is 0 Å². The van der Waals surface area contributed by atoms with E-state index in [0.717, 1.165) is 37.1 Å². The lowest BCUT2D eigenvalue weighted by Crippen LogP contribution is -2.01. The molecule has 4 nitrogen and oxygen atoms in total. The van der Waals surface area contributed by atoms with E-state index in [0.29, 0.717) is 30.6 Å². The maximum Gasteiger partial charge on any atom is 0.225 e. The first-order chi connectivity index (χ1) is 10.7. The molecule has 122 valence electrons. The SMILES string of the molecule is C#CCCCCOc1cc(OSOCC(C)C)ccc1CO. The smallest absolute Gasteiger partial charge is 0.225 e. The molecule has 0 atom stereocenters. The quantitative estimate of drug-likeness (QED) is 0.379. The Bertz CT molecular complexity index is 468. The molecule has 0 saturated carbocycles. The van der Waals surface area contributed by atoms with Gasteiger partial charge in [-0.15, -0.1) is 12.3 Å². The number of hydrogen-bond acceptors (Lipinski definition) is 5. The predicted octanol–water partition coefficient (Wildman–Crippen LogP) is 3.98. The predicted molar refractivity (Wildman–Crippen MR) is 89.6 cm³/mol. The Kier molecular flexibility index (Phi) is 9.56. The zero-order chi connectivity index (χ0) is 16.2. The van der Waals surface area contributed by atoms with Gasteiger partial charge >= 0.3 is 0 Å². The van der Waals surface area contributed by atoms with Gasteiger partial charge in [-0.2, -0.15) is 0 Å². The number of aliphatic hydroxyl groups is 1. The third kappa shape index (κ3) is 7.60. The summed E-state index contributed by atoms with van der Waals surface area (Å²) in [5, 5.41) is 9.35. The number of terminal acetylenes is 1. The molecule has 1 rings (SSSR count). The molecule has 0 bridgehead atoms. The highest BCUT2D eigenvalue weighted by molar-refractivity contribution is 7.90. The van der Waals surface area contributed by atoms with Gasteiger partial charge in [-0.3, -0.25) is 4.18 Å². The monoisotopic (exact) mass is 324 g/mol. The summed E-state index contributed by atoms with van der Waals surface area (Å²) in [4.78, 5) is 0. The van der Waals surface area contributed by atoms with Crippen LogP contribution >= 0.6 is 12.3 Å². The Morgan fingerprint density at radius 2 is 2.14 bits per heavy atom. The summed E-state index contributed by atoms with van der Waals surface area (Å²) in [6.45, 7) is 5.26. The van der Waals surface area contributed by atoms with Crippen LogP contribution in [-0.4, -0.2) is 18.3 Å². The van der Waals surface area contributed by atoms with Gasteiger partial charge in [0, 0.05) is 18.1 Å². The van der Waals surface area contributed by atoms with Crippen LogP contribution in [0.4, 0.5) is 0 Å². The van der Waals surface area contributed by atoms with Gasteiger partial charge in [0.25, 0.3) is 0 Å². The van der Waals surface area contributed by atoms with Gasteiger partial charge in [-0.1, -0.05) is 13.8 Å². The molecular weight excluding hydrogens is 300 g/mol. The lowest BCUT2D eigenvalue weighted by molar-refractivity contribution is 0.260. The van der Waals surface area contributed by atoms with Crippen molar-refractivity contribution in [2.45, 2.75) is 39.7 Å². The van der Waals surface area contributed by atoms with E-state index in [1.165, 1.54) is 0 Å². The van der Waals surface area contributed by atoms with E-state index in [1.807, 2.05) is 0 Å². The Morgan fingerprint density at radius 3 is 2.82 bits per heavy atom. The highest BCUT2D eigenvalue weighted by Gasteiger charge is 2.07. The molecule has 1 aromatic rings. The van der Waals surface area contributed by atoms with E-state index in [1.54, 1.807) is 18.2 Å². The van der Waals surface area contributed by atoms with E-state index in [2.05, 4.69) is 19.8 Å². The molecule has 0 aliphatic rings. The van der Waals surface area contributed by atoms with Gasteiger partial charge in [-0.25, -0.2) is 0 Å². The average molecular weight is 324 g/mol. The molecule has 1 aromatic carbocycles. The fourth-order valence-corrected chi connectivity index (χ4v) is 2.15. The van der Waals surface area contributed by atoms with Crippen molar-refractivity contribution in [2.75, 3.05) is 13.2 Å². The molecule has 0 unspecified atom stereocenters. The second-order valence-corrected chi connectivity index (χ2v) is 5.81. The van der Waals surface area contributed by atoms with E-state index >= 15 is 0 Å². The highest BCUT2D eigenvalue weighted by atomic mass is 32.2. The van der Waals surface area contributed by atoms with Crippen molar-refractivity contribution >= 4 is 12.3 Å². The van der Waals surface area contributed by atoms with Gasteiger partial charge in [-0.05, 0) is 30.9 Å². The van der Waals surface area contributed by atoms with Crippen LogP contribution in [0.1, 0.15) is 38.7 Å². The summed E-state index contributed by atoms with van der Waals surface area (Å²) in [5.41, 5.74) is 0.734. The highest BCUT2D eigenvalue weighted by Crippen LogP contribution is 2.27. The first-order valence-electron chi connectivity index (χ1n) is 7.43. The fraction of sp³-hybridized carbons (Fsp3) is 0.529. The van der Waals surface area contributed by atoms with Crippen LogP contribution < -0.4 is 8.92 Å². The molecule has 5 heteroatoms. The molecule has 0 aliphatic heterocycles. The van der Waals surface area contributed by atoms with Crippen molar-refractivity contribution in [2.24, 2.45) is 5.92 Å². The van der Waals surface area contributed by atoms with Crippen molar-refractivity contribution in [1.82, 2.24) is 0 Å². The Hall–Kier alpha value is -1.35. The number of unbranched alkanes of at least 4 members (excludes halogenated alkanes) is 2. The summed E-state index contributed by atoms with van der Waals surface area (Å²) in [7, 11) is 0. The summed E-state index contributed by atoms with van der Waals surface area (Å²) in [6.07, 6.45) is 7.77. The average Bonchev–Trinajstić information content (AvgIpc) is 2.51. The molecule has 0 aliphatic carbocycles. The number of ether oxygens (including phenoxy) is 1. The number of hydrogen-bond donors (Lipinski definition) is 1. The molecule has 1 N–H and O–H groups in total. The minimum absolute atomic E-state index is 0.0725. The van der Waals surface area contributed by atoms with Gasteiger partial charge < -0.3 is 14.0 Å². The van der Waals surface area contributed by atoms with Crippen LogP contribution in [0.15, 0.2) is 18.2 Å². The minimum Gasteiger partial charge on any atom is -0.493 e. The molecule has 0 aromatic heterocycles. The summed E-state index contributed by atoms with van der Waals surface area (Å²) in [6, 6.07) is 5.33. The van der Waals surface area contributed by atoms with Crippen molar-refractivity contribution < 1.29 is 18.2 Å². The van der Waals surface area contributed by atoms with E-state index in [9.17, 15) is 5.11 Å². The van der Waals surface area contributed by atoms with E-state index in [-0.39, 0.29) is 6.61 Å². The number of rotatable bonds is 11. The van der Waals surface area contributed by atoms with Crippen molar-refractivity contribution in [3.05, 3.63) is 23.8 Å². The van der Waals surface area contributed by atoms with Gasteiger partial charge in [0.15, 0.2) is 0 Å². The van der Waals surface area contributed by atoms with Crippen LogP contribution in [-0.2, 0) is 10.8 Å². The molecular formula is C17H24O4S. The van der Waals surface area contributed by atoms with Crippen LogP contribution in [0.25, 0.3) is 0 Å². The molecule has 0 amide bonds. The van der Waals surface area contributed by atoms with Crippen molar-refractivity contribution in [1.29, 1.82) is 0 Å². The van der Waals surface area contributed by atoms with Gasteiger partial charge in [0.2, 0.25) is 12.3 Å². The Balaban J connectivity index is 2.47. The zero-order valence-corrected chi connectivity index (χ0v) is 14.0. The second kappa shape index (κ2) is 11.2. The lowest BCUT2D eigenvalue weighted by atomic mass is 10.2. The third-order valence-corrected chi connectivity index (χ3v) is 3.25. The second-order valence-electron chi connectivity index (χ2n) is 5.27. The topological polar surface area (TPSA) is 47.9 Å². The standard InChI is InChI=1S/C17H24O4S/c1-4-5-6-7-10-19-17-11-16(9-8-15(17)12-18)21-22-20-13-14(2)3/h1,8-9,11,14,18H,5-7,10,12-13H2,2-3H3. The van der Waals surface area contributed by atoms with Gasteiger partial charge in [0.1, 0.15) is 11.5 Å². The lowest BCUT2D eigenvalue weighted by Gasteiger charge is -2.12. The molecule has 0 radical (unpaired) electrons. The Morgan fingerprint density at radius 1 is 1.32 bits per heavy atom. The summed E-state index contributed by atoms with van der Waals surface area (Å²) >= 11 is 0.952. The van der Waals surface area contributed by atoms with Crippen molar-refractivity contribution in [3.8, 4) is 23.8 Å². The fourth-order valence-electron chi connectivity index (χ4n) is 1.59. The Labute approximate surface area is 137 Å². The van der Waals surface area contributed by atoms with E-state index in [4.69, 9.17) is 19.5 Å². The van der Waals surface area contributed by atoms with Crippen LogP contribution in [0.3, 0.4) is 0 Å². The largest absolute Gasteiger partial charge is 0.493 e. The summed E-state index contributed by atoms with van der Waals surface area (Å²) < 4.78 is 16.5. The molecule has 22 heavy (non-hydrogen) atoms. The minimum atomic E-state index is -0.0725. The maximum absolute atomic E-state index is 9.35. The third-order valence-electron chi connectivity index (χ3n) is 2.76. The zero-order valence-electron chi connectivity index (χ0n) is 13.2. The van der Waals surface area contributed by atoms with Crippen LogP contribution in [0.5, 0.6) is 11.5 Å². The molecule has 0 heterocycles. The number of aliphatic hydroxyl groups excluding tert-OH is 1. The normalized spacial score (nSPS) is 10.5. The molecule has 0 spiro atoms. The number of benzene rings is 1. The molecule has 0 saturated heterocycles. The van der Waals surface area contributed by atoms with Gasteiger partial charge in [0.05, 0.1) is 19.8 Å². The van der Waals surface area contributed by atoms with Crippen LogP contribution in [0, 0.1) is 18.3 Å².